The van der Waals surface area contributed by atoms with Crippen LogP contribution in [-0.4, -0.2) is 56.8 Å². The van der Waals surface area contributed by atoms with Gasteiger partial charge in [-0.1, -0.05) is 30.3 Å². The molecule has 2 aliphatic heterocycles. The first-order valence-electron chi connectivity index (χ1n) is 10.6. The zero-order chi connectivity index (χ0) is 23.6. The first kappa shape index (κ1) is 22.8. The number of benzene rings is 2. The van der Waals surface area contributed by atoms with Gasteiger partial charge in [-0.15, -0.1) is 0 Å². The lowest BCUT2D eigenvalue weighted by atomic mass is 10.0. The summed E-state index contributed by atoms with van der Waals surface area (Å²) in [5, 5.41) is 5.32. The molecule has 0 bridgehead atoms. The van der Waals surface area contributed by atoms with Crippen LogP contribution < -0.4 is 15.5 Å². The number of carbonyl (C=O) groups excluding carboxylic acids is 1. The average Bonchev–Trinajstić information content (AvgIpc) is 2.79. The lowest BCUT2D eigenvalue weighted by Gasteiger charge is -2.35. The maximum atomic E-state index is 14.4. The lowest BCUT2D eigenvalue weighted by Crippen LogP contribution is -2.44. The Hall–Kier alpha value is -3.33. The number of hydrogen-bond donors (Lipinski definition) is 2. The van der Waals surface area contributed by atoms with Gasteiger partial charge in [-0.05, 0) is 30.8 Å². The Bertz CT molecular complexity index is 1100. The quantitative estimate of drug-likeness (QED) is 0.673. The number of dihydropyridines is 1. The van der Waals surface area contributed by atoms with Crippen molar-refractivity contribution in [1.82, 2.24) is 10.2 Å². The maximum absolute atomic E-state index is 14.4. The number of likely N-dealkylation sites (N-methyl/N-ethyl adjacent to an activating group) is 1. The second-order valence-electron chi connectivity index (χ2n) is 8.04. The zero-order valence-electron chi connectivity index (χ0n) is 18.0. The van der Waals surface area contributed by atoms with E-state index in [-0.39, 0.29) is 6.54 Å². The molecule has 2 aliphatic rings. The Morgan fingerprint density at radius 1 is 1.06 bits per heavy atom. The van der Waals surface area contributed by atoms with Crippen molar-refractivity contribution in [3.8, 4) is 11.1 Å². The molecule has 174 valence electrons. The van der Waals surface area contributed by atoms with Gasteiger partial charge in [0.15, 0.2) is 0 Å². The molecule has 1 amide bonds. The van der Waals surface area contributed by atoms with Gasteiger partial charge in [0, 0.05) is 44.5 Å². The predicted molar refractivity (Wildman–Crippen MR) is 120 cm³/mol. The Balaban J connectivity index is 1.70. The van der Waals surface area contributed by atoms with Crippen molar-refractivity contribution in [2.24, 2.45) is 0 Å². The van der Waals surface area contributed by atoms with Crippen molar-refractivity contribution in [3.63, 3.8) is 0 Å². The standard InChI is InChI=1S/C24H24F4N4O/c1-31-10-12-32(13-11-31)22-7-6-16(17-4-2-3-5-20(17)25)14-21(22)30-23(33)18-15-29-9-8-19(18)24(26,27)28/h2-8,14-15,29H,9-13H2,1H3,(H,30,33). The van der Waals surface area contributed by atoms with Crippen LogP contribution in [0.4, 0.5) is 28.9 Å². The molecule has 0 saturated carbocycles. The molecule has 0 unspecified atom stereocenters. The molecule has 0 atom stereocenters. The van der Waals surface area contributed by atoms with Gasteiger partial charge in [0.1, 0.15) is 5.82 Å². The van der Waals surface area contributed by atoms with Crippen LogP contribution in [0.5, 0.6) is 0 Å². The molecule has 2 heterocycles. The van der Waals surface area contributed by atoms with Crippen molar-refractivity contribution < 1.29 is 22.4 Å². The summed E-state index contributed by atoms with van der Waals surface area (Å²) in [6.45, 7) is 2.98. The Kier molecular flexibility index (Phi) is 6.42. The number of halogens is 4. The number of nitrogens with zero attached hydrogens (tertiary/aromatic N) is 2. The number of amides is 1. The van der Waals surface area contributed by atoms with E-state index in [1.807, 2.05) is 7.05 Å². The van der Waals surface area contributed by atoms with Gasteiger partial charge in [0.25, 0.3) is 5.91 Å². The van der Waals surface area contributed by atoms with Crippen LogP contribution in [0.2, 0.25) is 0 Å². The highest BCUT2D eigenvalue weighted by Gasteiger charge is 2.39. The van der Waals surface area contributed by atoms with Crippen molar-refractivity contribution >= 4 is 17.3 Å². The summed E-state index contributed by atoms with van der Waals surface area (Å²) in [5.74, 6) is -1.31. The van der Waals surface area contributed by atoms with Gasteiger partial charge >= 0.3 is 6.18 Å². The van der Waals surface area contributed by atoms with E-state index in [4.69, 9.17) is 0 Å². The number of hydrogen-bond acceptors (Lipinski definition) is 4. The van der Waals surface area contributed by atoms with Crippen LogP contribution in [-0.2, 0) is 4.79 Å². The second-order valence-corrected chi connectivity index (χ2v) is 8.04. The molecular formula is C24H24F4N4O. The van der Waals surface area contributed by atoms with Gasteiger partial charge in [0.05, 0.1) is 22.5 Å². The third kappa shape index (κ3) is 5.03. The third-order valence-electron chi connectivity index (χ3n) is 5.78. The first-order valence-corrected chi connectivity index (χ1v) is 10.6. The minimum absolute atomic E-state index is 0.0130. The number of carbonyl (C=O) groups is 1. The van der Waals surface area contributed by atoms with Gasteiger partial charge < -0.3 is 20.4 Å². The molecule has 0 aliphatic carbocycles. The smallest absolute Gasteiger partial charge is 0.387 e. The van der Waals surface area contributed by atoms with Crippen LogP contribution in [0, 0.1) is 5.82 Å². The van der Waals surface area contributed by atoms with E-state index in [1.165, 1.54) is 6.07 Å². The lowest BCUT2D eigenvalue weighted by molar-refractivity contribution is -0.115. The summed E-state index contributed by atoms with van der Waals surface area (Å²) in [6, 6.07) is 11.4. The molecule has 1 fully saturated rings. The van der Waals surface area contributed by atoms with Crippen LogP contribution in [0.3, 0.4) is 0 Å². The third-order valence-corrected chi connectivity index (χ3v) is 5.78. The Morgan fingerprint density at radius 3 is 2.48 bits per heavy atom. The highest BCUT2D eigenvalue weighted by atomic mass is 19.4. The van der Waals surface area contributed by atoms with E-state index in [9.17, 15) is 22.4 Å². The maximum Gasteiger partial charge on any atom is 0.416 e. The van der Waals surface area contributed by atoms with Gasteiger partial charge in [-0.25, -0.2) is 4.39 Å². The fraction of sp³-hybridized carbons (Fsp3) is 0.292. The molecule has 0 radical (unpaired) electrons. The summed E-state index contributed by atoms with van der Waals surface area (Å²) in [6.07, 6.45) is -2.62. The summed E-state index contributed by atoms with van der Waals surface area (Å²) in [5.41, 5.74) is 0.396. The number of rotatable bonds is 4. The molecule has 9 heteroatoms. The molecule has 5 nitrogen and oxygen atoms in total. The first-order chi connectivity index (χ1) is 15.7. The number of nitrogens with one attached hydrogen (secondary N) is 2. The molecule has 1 saturated heterocycles. The summed E-state index contributed by atoms with van der Waals surface area (Å²) in [4.78, 5) is 17.2. The van der Waals surface area contributed by atoms with E-state index >= 15 is 0 Å². The summed E-state index contributed by atoms with van der Waals surface area (Å²) < 4.78 is 54.8. The largest absolute Gasteiger partial charge is 0.416 e. The molecule has 4 rings (SSSR count). The van der Waals surface area contributed by atoms with Gasteiger partial charge in [-0.3, -0.25) is 4.79 Å². The number of alkyl halides is 3. The van der Waals surface area contributed by atoms with Crippen LogP contribution >= 0.6 is 0 Å². The van der Waals surface area contributed by atoms with Crippen molar-refractivity contribution in [1.29, 1.82) is 0 Å². The molecular weight excluding hydrogens is 436 g/mol. The van der Waals surface area contributed by atoms with E-state index in [0.717, 1.165) is 25.4 Å². The van der Waals surface area contributed by atoms with Gasteiger partial charge in [-0.2, -0.15) is 13.2 Å². The fourth-order valence-corrected chi connectivity index (χ4v) is 3.98. The molecule has 33 heavy (non-hydrogen) atoms. The second kappa shape index (κ2) is 9.27. The SMILES string of the molecule is CN1CCN(c2ccc(-c3ccccc3F)cc2NC(=O)C2=CNCC=C2C(F)(F)F)CC1. The summed E-state index contributed by atoms with van der Waals surface area (Å²) in [7, 11) is 2.01. The topological polar surface area (TPSA) is 47.6 Å². The molecule has 2 N–H and O–H groups in total. The monoisotopic (exact) mass is 460 g/mol. The van der Waals surface area contributed by atoms with Crippen LogP contribution in [0.1, 0.15) is 0 Å². The highest BCUT2D eigenvalue weighted by Crippen LogP contribution is 2.36. The zero-order valence-corrected chi connectivity index (χ0v) is 18.0. The van der Waals surface area contributed by atoms with E-state index in [0.29, 0.717) is 35.6 Å². The number of piperazine rings is 1. The molecule has 2 aromatic carbocycles. The van der Waals surface area contributed by atoms with Crippen molar-refractivity contribution in [2.45, 2.75) is 6.18 Å². The van der Waals surface area contributed by atoms with Crippen molar-refractivity contribution in [3.05, 3.63) is 71.7 Å². The highest BCUT2D eigenvalue weighted by molar-refractivity contribution is 6.09. The number of anilines is 2. The van der Waals surface area contributed by atoms with Gasteiger partial charge in [0.2, 0.25) is 0 Å². The normalized spacial score (nSPS) is 17.2. The average molecular weight is 460 g/mol. The Labute approximate surface area is 189 Å². The van der Waals surface area contributed by atoms with Crippen LogP contribution in [0.25, 0.3) is 11.1 Å². The molecule has 0 spiro atoms. The minimum Gasteiger partial charge on any atom is -0.387 e. The minimum atomic E-state index is -4.65. The fourth-order valence-electron chi connectivity index (χ4n) is 3.98. The predicted octanol–water partition coefficient (Wildman–Crippen LogP) is 4.16. The van der Waals surface area contributed by atoms with E-state index in [2.05, 4.69) is 20.4 Å². The van der Waals surface area contributed by atoms with Crippen LogP contribution in [0.15, 0.2) is 65.9 Å². The Morgan fingerprint density at radius 2 is 1.79 bits per heavy atom. The van der Waals surface area contributed by atoms with E-state index < -0.39 is 29.0 Å². The molecule has 2 aromatic rings. The van der Waals surface area contributed by atoms with E-state index in [1.54, 1.807) is 36.4 Å². The molecule has 0 aromatic heterocycles. The summed E-state index contributed by atoms with van der Waals surface area (Å²) >= 11 is 0. The van der Waals surface area contributed by atoms with Crippen molar-refractivity contribution in [2.75, 3.05) is 50.0 Å².